The van der Waals surface area contributed by atoms with Crippen molar-refractivity contribution >= 4 is 9.84 Å². The highest BCUT2D eigenvalue weighted by Gasteiger charge is 2.05. The van der Waals surface area contributed by atoms with E-state index in [2.05, 4.69) is 5.73 Å². The predicted molar refractivity (Wildman–Crippen MR) is 51.0 cm³/mol. The van der Waals surface area contributed by atoms with Gasteiger partial charge in [0.1, 0.15) is 0 Å². The van der Waals surface area contributed by atoms with Crippen molar-refractivity contribution in [1.29, 1.82) is 0 Å². The van der Waals surface area contributed by atoms with Crippen molar-refractivity contribution < 1.29 is 14.2 Å². The Morgan fingerprint density at radius 2 is 1.77 bits per heavy atom. The lowest BCUT2D eigenvalue weighted by Crippen LogP contribution is -2.51. The van der Waals surface area contributed by atoms with E-state index < -0.39 is 9.84 Å². The van der Waals surface area contributed by atoms with Crippen molar-refractivity contribution in [2.24, 2.45) is 0 Å². The van der Waals surface area contributed by atoms with E-state index >= 15 is 0 Å². The standard InChI is InChI=1S/C9H13NO2S/c1-13(11,12)9-4-2-8(3-5-9)6-7-10/h2-5H,6-7,10H2,1H3/p+1. The van der Waals surface area contributed by atoms with E-state index in [0.29, 0.717) is 4.90 Å². The zero-order valence-electron chi connectivity index (χ0n) is 7.66. The van der Waals surface area contributed by atoms with Crippen LogP contribution in [0.3, 0.4) is 0 Å². The largest absolute Gasteiger partial charge is 0.357 e. The minimum atomic E-state index is -3.05. The van der Waals surface area contributed by atoms with Gasteiger partial charge in [-0.05, 0) is 17.7 Å². The summed E-state index contributed by atoms with van der Waals surface area (Å²) in [7, 11) is -3.05. The average molecular weight is 200 g/mol. The number of quaternary nitrogens is 1. The van der Waals surface area contributed by atoms with Gasteiger partial charge in [-0.25, -0.2) is 8.42 Å². The van der Waals surface area contributed by atoms with Crippen molar-refractivity contribution in [2.75, 3.05) is 12.8 Å². The third kappa shape index (κ3) is 2.82. The lowest BCUT2D eigenvalue weighted by Gasteiger charge is -1.99. The molecule has 0 atom stereocenters. The van der Waals surface area contributed by atoms with E-state index in [0.717, 1.165) is 18.5 Å². The maximum atomic E-state index is 11.1. The Balaban J connectivity index is 2.94. The van der Waals surface area contributed by atoms with Crippen LogP contribution >= 0.6 is 0 Å². The Bertz CT molecular complexity index is 367. The van der Waals surface area contributed by atoms with Gasteiger partial charge >= 0.3 is 0 Å². The molecule has 0 amide bonds. The lowest BCUT2D eigenvalue weighted by molar-refractivity contribution is -0.366. The van der Waals surface area contributed by atoms with Gasteiger partial charge in [0.05, 0.1) is 11.4 Å². The molecule has 3 N–H and O–H groups in total. The fourth-order valence-corrected chi connectivity index (χ4v) is 1.74. The molecule has 0 spiro atoms. The summed E-state index contributed by atoms with van der Waals surface area (Å²) in [6, 6.07) is 6.95. The topological polar surface area (TPSA) is 61.8 Å². The monoisotopic (exact) mass is 200 g/mol. The van der Waals surface area contributed by atoms with E-state index in [1.54, 1.807) is 12.1 Å². The summed E-state index contributed by atoms with van der Waals surface area (Å²) < 4.78 is 22.2. The molecule has 0 aliphatic rings. The first kappa shape index (κ1) is 10.2. The number of sulfone groups is 1. The Morgan fingerprint density at radius 1 is 1.23 bits per heavy atom. The van der Waals surface area contributed by atoms with Crippen molar-refractivity contribution in [2.45, 2.75) is 11.3 Å². The SMILES string of the molecule is CS(=O)(=O)c1ccc(CC[NH3+])cc1. The molecule has 0 unspecified atom stereocenters. The van der Waals surface area contributed by atoms with Crippen LogP contribution in [0.5, 0.6) is 0 Å². The van der Waals surface area contributed by atoms with Crippen LogP contribution in [0.25, 0.3) is 0 Å². The highest BCUT2D eigenvalue weighted by atomic mass is 32.2. The molecule has 13 heavy (non-hydrogen) atoms. The first-order chi connectivity index (χ1) is 6.04. The predicted octanol–water partition coefficient (Wildman–Crippen LogP) is -0.125. The van der Waals surface area contributed by atoms with Crippen molar-refractivity contribution in [3.05, 3.63) is 29.8 Å². The smallest absolute Gasteiger partial charge is 0.175 e. The molecule has 0 aliphatic carbocycles. The lowest BCUT2D eigenvalue weighted by atomic mass is 10.2. The van der Waals surface area contributed by atoms with Gasteiger partial charge in [0.2, 0.25) is 0 Å². The summed E-state index contributed by atoms with van der Waals surface area (Å²) in [5.74, 6) is 0. The first-order valence-electron chi connectivity index (χ1n) is 4.12. The second kappa shape index (κ2) is 3.89. The molecule has 1 aromatic carbocycles. The summed E-state index contributed by atoms with van der Waals surface area (Å²) in [6.45, 7) is 0.832. The van der Waals surface area contributed by atoms with Gasteiger partial charge in [-0.2, -0.15) is 0 Å². The van der Waals surface area contributed by atoms with Crippen molar-refractivity contribution in [1.82, 2.24) is 0 Å². The molecule has 0 heterocycles. The molecule has 4 heteroatoms. The quantitative estimate of drug-likeness (QED) is 0.739. The normalized spacial score (nSPS) is 11.5. The molecule has 0 aliphatic heterocycles. The van der Waals surface area contributed by atoms with Crippen LogP contribution < -0.4 is 5.73 Å². The van der Waals surface area contributed by atoms with E-state index in [1.165, 1.54) is 6.26 Å². The first-order valence-corrected chi connectivity index (χ1v) is 6.01. The van der Waals surface area contributed by atoms with E-state index in [1.807, 2.05) is 12.1 Å². The van der Waals surface area contributed by atoms with E-state index in [9.17, 15) is 8.42 Å². The van der Waals surface area contributed by atoms with Gasteiger partial charge < -0.3 is 5.73 Å². The highest BCUT2D eigenvalue weighted by molar-refractivity contribution is 7.90. The number of rotatable bonds is 3. The summed E-state index contributed by atoms with van der Waals surface area (Å²) in [5, 5.41) is 0. The third-order valence-corrected chi connectivity index (χ3v) is 2.95. The average Bonchev–Trinajstić information content (AvgIpc) is 2.04. The van der Waals surface area contributed by atoms with Gasteiger partial charge in [0.15, 0.2) is 9.84 Å². The molecule has 0 radical (unpaired) electrons. The molecule has 1 aromatic rings. The maximum Gasteiger partial charge on any atom is 0.175 e. The van der Waals surface area contributed by atoms with Crippen LogP contribution in [0.2, 0.25) is 0 Å². The van der Waals surface area contributed by atoms with E-state index in [-0.39, 0.29) is 0 Å². The molecule has 0 saturated heterocycles. The second-order valence-electron chi connectivity index (χ2n) is 3.02. The molecule has 3 nitrogen and oxygen atoms in total. The van der Waals surface area contributed by atoms with Gasteiger partial charge in [-0.15, -0.1) is 0 Å². The van der Waals surface area contributed by atoms with Crippen LogP contribution in [-0.4, -0.2) is 21.2 Å². The molecular weight excluding hydrogens is 186 g/mol. The summed E-state index contributed by atoms with van der Waals surface area (Å²) in [6.07, 6.45) is 2.10. The van der Waals surface area contributed by atoms with Crippen molar-refractivity contribution in [3.8, 4) is 0 Å². The minimum Gasteiger partial charge on any atom is -0.357 e. The second-order valence-corrected chi connectivity index (χ2v) is 5.04. The number of benzene rings is 1. The molecule has 0 fully saturated rings. The van der Waals surface area contributed by atoms with Crippen LogP contribution in [0.1, 0.15) is 5.56 Å². The van der Waals surface area contributed by atoms with Crippen LogP contribution in [0, 0.1) is 0 Å². The zero-order valence-corrected chi connectivity index (χ0v) is 8.47. The fraction of sp³-hybridized carbons (Fsp3) is 0.333. The third-order valence-electron chi connectivity index (χ3n) is 1.82. The maximum absolute atomic E-state index is 11.1. The Kier molecular flexibility index (Phi) is 3.06. The fourth-order valence-electron chi connectivity index (χ4n) is 1.11. The molecule has 0 saturated carbocycles. The number of hydrogen-bond donors (Lipinski definition) is 1. The van der Waals surface area contributed by atoms with Crippen LogP contribution in [-0.2, 0) is 16.3 Å². The molecule has 72 valence electrons. The van der Waals surface area contributed by atoms with Crippen LogP contribution in [0.15, 0.2) is 29.2 Å². The zero-order chi connectivity index (χ0) is 9.90. The summed E-state index contributed by atoms with van der Waals surface area (Å²) >= 11 is 0. The molecular formula is C9H14NO2S+. The number of hydrogen-bond acceptors (Lipinski definition) is 2. The van der Waals surface area contributed by atoms with Gasteiger partial charge in [0, 0.05) is 12.7 Å². The summed E-state index contributed by atoms with van der Waals surface area (Å²) in [4.78, 5) is 0.375. The van der Waals surface area contributed by atoms with Gasteiger partial charge in [-0.3, -0.25) is 0 Å². The van der Waals surface area contributed by atoms with Crippen LogP contribution in [0.4, 0.5) is 0 Å². The summed E-state index contributed by atoms with van der Waals surface area (Å²) in [5.41, 5.74) is 4.86. The Labute approximate surface area is 78.5 Å². The molecule has 0 aromatic heterocycles. The van der Waals surface area contributed by atoms with E-state index in [4.69, 9.17) is 0 Å². The Morgan fingerprint density at radius 3 is 2.15 bits per heavy atom. The Hall–Kier alpha value is -0.870. The van der Waals surface area contributed by atoms with Gasteiger partial charge in [0.25, 0.3) is 0 Å². The van der Waals surface area contributed by atoms with Crippen molar-refractivity contribution in [3.63, 3.8) is 0 Å². The van der Waals surface area contributed by atoms with Gasteiger partial charge in [-0.1, -0.05) is 12.1 Å². The highest BCUT2D eigenvalue weighted by Crippen LogP contribution is 2.09. The molecule has 1 rings (SSSR count). The minimum absolute atomic E-state index is 0.375. The molecule has 0 bridgehead atoms.